The molecule has 2 aliphatic heterocycles. The van der Waals surface area contributed by atoms with Crippen LogP contribution in [0.25, 0.3) is 0 Å². The van der Waals surface area contributed by atoms with Crippen LogP contribution in [-0.4, -0.2) is 53.2 Å². The maximum absolute atomic E-state index is 11.7. The van der Waals surface area contributed by atoms with Gasteiger partial charge in [-0.1, -0.05) is 0 Å². The Balaban J connectivity index is 1.89. The maximum atomic E-state index is 11.7. The van der Waals surface area contributed by atoms with E-state index in [4.69, 9.17) is 0 Å². The number of hydrogen-bond donors (Lipinski definition) is 1. The Morgan fingerprint density at radius 3 is 2.38 bits per heavy atom. The minimum absolute atomic E-state index is 0.119. The first-order valence-electron chi connectivity index (χ1n) is 4.99. The molecule has 13 heavy (non-hydrogen) atoms. The van der Waals surface area contributed by atoms with Crippen molar-refractivity contribution in [2.24, 2.45) is 0 Å². The summed E-state index contributed by atoms with van der Waals surface area (Å²) in [6, 6.07) is 0.119. The normalized spacial score (nSPS) is 28.5. The summed E-state index contributed by atoms with van der Waals surface area (Å²) in [4.78, 5) is 15.4. The number of nitrogens with zero attached hydrogens (tertiary/aromatic N) is 2. The van der Waals surface area contributed by atoms with Gasteiger partial charge in [-0.25, -0.2) is 4.79 Å². The molecule has 1 atom stereocenters. The van der Waals surface area contributed by atoms with Crippen LogP contribution in [-0.2, 0) is 0 Å². The number of aliphatic hydroxyl groups excluding tert-OH is 1. The van der Waals surface area contributed by atoms with E-state index < -0.39 is 0 Å². The fourth-order valence-electron chi connectivity index (χ4n) is 2.02. The molecule has 1 N–H and O–H groups in total. The SMILES string of the molecule is O=C(N1CCCC1)N1CCC(O)C1. The van der Waals surface area contributed by atoms with E-state index in [1.165, 1.54) is 0 Å². The van der Waals surface area contributed by atoms with Crippen LogP contribution in [0.1, 0.15) is 19.3 Å². The van der Waals surface area contributed by atoms with Gasteiger partial charge in [-0.15, -0.1) is 0 Å². The summed E-state index contributed by atoms with van der Waals surface area (Å²) < 4.78 is 0. The zero-order valence-corrected chi connectivity index (χ0v) is 7.78. The number of hydrogen-bond acceptors (Lipinski definition) is 2. The van der Waals surface area contributed by atoms with Crippen molar-refractivity contribution >= 4 is 6.03 Å². The van der Waals surface area contributed by atoms with Crippen LogP contribution < -0.4 is 0 Å². The molecule has 2 aliphatic rings. The average Bonchev–Trinajstić information content (AvgIpc) is 2.72. The summed E-state index contributed by atoms with van der Waals surface area (Å²) in [6.45, 7) is 3.03. The molecule has 0 spiro atoms. The Kier molecular flexibility index (Phi) is 2.40. The molecule has 0 aliphatic carbocycles. The highest BCUT2D eigenvalue weighted by Gasteiger charge is 2.29. The van der Waals surface area contributed by atoms with Crippen molar-refractivity contribution in [1.29, 1.82) is 0 Å². The Labute approximate surface area is 78.1 Å². The third kappa shape index (κ3) is 1.77. The fraction of sp³-hybridized carbons (Fsp3) is 0.889. The molecule has 2 heterocycles. The predicted molar refractivity (Wildman–Crippen MR) is 48.4 cm³/mol. The Morgan fingerprint density at radius 1 is 1.15 bits per heavy atom. The van der Waals surface area contributed by atoms with Gasteiger partial charge < -0.3 is 14.9 Å². The van der Waals surface area contributed by atoms with Gasteiger partial charge in [0.2, 0.25) is 0 Å². The van der Waals surface area contributed by atoms with Crippen LogP contribution in [0.4, 0.5) is 4.79 Å². The number of amides is 2. The Morgan fingerprint density at radius 2 is 1.85 bits per heavy atom. The number of rotatable bonds is 0. The zero-order valence-electron chi connectivity index (χ0n) is 7.78. The Bertz CT molecular complexity index is 202. The quantitative estimate of drug-likeness (QED) is 0.587. The van der Waals surface area contributed by atoms with Crippen LogP contribution in [0.2, 0.25) is 0 Å². The van der Waals surface area contributed by atoms with E-state index in [1.54, 1.807) is 4.90 Å². The number of carbonyl (C=O) groups is 1. The second-order valence-corrected chi connectivity index (χ2v) is 3.87. The van der Waals surface area contributed by atoms with Crippen LogP contribution in [0, 0.1) is 0 Å². The minimum atomic E-state index is -0.299. The molecule has 0 aromatic heterocycles. The number of aliphatic hydroxyl groups is 1. The van der Waals surface area contributed by atoms with Gasteiger partial charge in [0.05, 0.1) is 6.10 Å². The predicted octanol–water partition coefficient (Wildman–Crippen LogP) is 0.269. The summed E-state index contributed by atoms with van der Waals surface area (Å²) in [5, 5.41) is 9.28. The minimum Gasteiger partial charge on any atom is -0.391 e. The van der Waals surface area contributed by atoms with Crippen LogP contribution in [0.5, 0.6) is 0 Å². The van der Waals surface area contributed by atoms with E-state index in [-0.39, 0.29) is 12.1 Å². The highest BCUT2D eigenvalue weighted by Crippen LogP contribution is 2.15. The molecule has 4 heteroatoms. The van der Waals surface area contributed by atoms with Gasteiger partial charge in [-0.2, -0.15) is 0 Å². The smallest absolute Gasteiger partial charge is 0.320 e. The number of likely N-dealkylation sites (tertiary alicyclic amines) is 2. The lowest BCUT2D eigenvalue weighted by molar-refractivity contribution is 0.153. The zero-order chi connectivity index (χ0) is 9.26. The van der Waals surface area contributed by atoms with Crippen molar-refractivity contribution in [3.8, 4) is 0 Å². The molecule has 0 aromatic carbocycles. The number of β-amino-alcohol motifs (C(OH)–C–C–N with tert-alkyl or cyclic N) is 1. The highest BCUT2D eigenvalue weighted by atomic mass is 16.3. The molecule has 0 radical (unpaired) electrons. The molecule has 2 saturated heterocycles. The van der Waals surface area contributed by atoms with Crippen LogP contribution >= 0.6 is 0 Å². The molecule has 0 saturated carbocycles. The van der Waals surface area contributed by atoms with E-state index in [9.17, 15) is 9.90 Å². The standard InChI is InChI=1S/C9H16N2O2/c12-8-3-6-11(7-8)9(13)10-4-1-2-5-10/h8,12H,1-7H2. The van der Waals surface area contributed by atoms with Crippen LogP contribution in [0.3, 0.4) is 0 Å². The Hall–Kier alpha value is -0.770. The van der Waals surface area contributed by atoms with Gasteiger partial charge in [-0.05, 0) is 19.3 Å². The molecular weight excluding hydrogens is 168 g/mol. The van der Waals surface area contributed by atoms with Crippen molar-refractivity contribution < 1.29 is 9.90 Å². The molecule has 74 valence electrons. The molecule has 0 aromatic rings. The van der Waals surface area contributed by atoms with Crippen molar-refractivity contribution in [2.75, 3.05) is 26.2 Å². The molecule has 2 amide bonds. The third-order valence-electron chi connectivity index (χ3n) is 2.81. The molecule has 2 fully saturated rings. The first-order chi connectivity index (χ1) is 6.27. The van der Waals surface area contributed by atoms with Crippen molar-refractivity contribution in [1.82, 2.24) is 9.80 Å². The molecular formula is C9H16N2O2. The van der Waals surface area contributed by atoms with Gasteiger partial charge in [0.1, 0.15) is 0 Å². The highest BCUT2D eigenvalue weighted by molar-refractivity contribution is 5.75. The van der Waals surface area contributed by atoms with E-state index >= 15 is 0 Å². The molecule has 1 unspecified atom stereocenters. The molecule has 4 nitrogen and oxygen atoms in total. The maximum Gasteiger partial charge on any atom is 0.320 e. The van der Waals surface area contributed by atoms with Crippen molar-refractivity contribution in [2.45, 2.75) is 25.4 Å². The number of carbonyl (C=O) groups excluding carboxylic acids is 1. The summed E-state index contributed by atoms with van der Waals surface area (Å²) >= 11 is 0. The molecule has 2 rings (SSSR count). The molecule has 0 bridgehead atoms. The van der Waals surface area contributed by atoms with Crippen molar-refractivity contribution in [3.63, 3.8) is 0 Å². The topological polar surface area (TPSA) is 43.8 Å². The lowest BCUT2D eigenvalue weighted by atomic mass is 10.3. The second-order valence-electron chi connectivity index (χ2n) is 3.87. The fourth-order valence-corrected chi connectivity index (χ4v) is 2.02. The van der Waals surface area contributed by atoms with Gasteiger partial charge in [-0.3, -0.25) is 0 Å². The van der Waals surface area contributed by atoms with Crippen LogP contribution in [0.15, 0.2) is 0 Å². The lowest BCUT2D eigenvalue weighted by Crippen LogP contribution is -2.40. The van der Waals surface area contributed by atoms with Gasteiger partial charge in [0, 0.05) is 26.2 Å². The van der Waals surface area contributed by atoms with E-state index in [0.717, 1.165) is 38.9 Å². The largest absolute Gasteiger partial charge is 0.391 e. The first kappa shape index (κ1) is 8.81. The second kappa shape index (κ2) is 3.54. The number of urea groups is 1. The van der Waals surface area contributed by atoms with E-state index in [2.05, 4.69) is 0 Å². The third-order valence-corrected chi connectivity index (χ3v) is 2.81. The first-order valence-corrected chi connectivity index (χ1v) is 4.99. The summed E-state index contributed by atoms with van der Waals surface area (Å²) in [6.07, 6.45) is 2.69. The van der Waals surface area contributed by atoms with Gasteiger partial charge in [0.25, 0.3) is 0 Å². The van der Waals surface area contributed by atoms with Crippen molar-refractivity contribution in [3.05, 3.63) is 0 Å². The average molecular weight is 184 g/mol. The van der Waals surface area contributed by atoms with Gasteiger partial charge >= 0.3 is 6.03 Å². The summed E-state index contributed by atoms with van der Waals surface area (Å²) in [7, 11) is 0. The van der Waals surface area contributed by atoms with E-state index in [1.807, 2.05) is 4.90 Å². The van der Waals surface area contributed by atoms with E-state index in [0.29, 0.717) is 6.54 Å². The van der Waals surface area contributed by atoms with Gasteiger partial charge in [0.15, 0.2) is 0 Å². The lowest BCUT2D eigenvalue weighted by Gasteiger charge is -2.23. The summed E-state index contributed by atoms with van der Waals surface area (Å²) in [5.74, 6) is 0. The monoisotopic (exact) mass is 184 g/mol. The summed E-state index contributed by atoms with van der Waals surface area (Å²) in [5.41, 5.74) is 0.